The Balaban J connectivity index is 1.18. The van der Waals surface area contributed by atoms with E-state index in [1.54, 1.807) is 0 Å². The summed E-state index contributed by atoms with van der Waals surface area (Å²) in [6.07, 6.45) is 0.906. The number of rotatable bonds is 6. The molecular formula is C20H28N6O. The van der Waals surface area contributed by atoms with Gasteiger partial charge in [-0.15, -0.1) is 0 Å². The maximum absolute atomic E-state index is 12.4. The fourth-order valence-corrected chi connectivity index (χ4v) is 3.84. The van der Waals surface area contributed by atoms with E-state index in [9.17, 15) is 4.79 Å². The van der Waals surface area contributed by atoms with E-state index in [0.29, 0.717) is 12.2 Å². The highest BCUT2D eigenvalue weighted by Gasteiger charge is 2.22. The molecule has 0 spiro atoms. The number of fused-ring (bicyclic) bond motifs is 1. The number of aromatic amines is 1. The molecule has 0 aliphatic carbocycles. The lowest BCUT2D eigenvalue weighted by atomic mass is 10.1. The van der Waals surface area contributed by atoms with E-state index in [1.165, 1.54) is 5.56 Å². The molecule has 7 nitrogen and oxygen atoms in total. The van der Waals surface area contributed by atoms with Gasteiger partial charge in [-0.1, -0.05) is 30.3 Å². The predicted octanol–water partition coefficient (Wildman–Crippen LogP) is 0.603. The molecule has 2 aliphatic rings. The zero-order valence-electron chi connectivity index (χ0n) is 15.7. The summed E-state index contributed by atoms with van der Waals surface area (Å²) >= 11 is 0. The normalized spacial score (nSPS) is 18.2. The molecule has 0 bridgehead atoms. The Labute approximate surface area is 160 Å². The highest BCUT2D eigenvalue weighted by Crippen LogP contribution is 2.15. The molecule has 2 aromatic rings. The molecule has 0 atom stereocenters. The van der Waals surface area contributed by atoms with Crippen LogP contribution in [0, 0.1) is 0 Å². The molecule has 3 heterocycles. The van der Waals surface area contributed by atoms with E-state index >= 15 is 0 Å². The number of benzene rings is 1. The minimum Gasteiger partial charge on any atom is -0.349 e. The van der Waals surface area contributed by atoms with Crippen molar-refractivity contribution in [2.45, 2.75) is 19.5 Å². The second-order valence-corrected chi connectivity index (χ2v) is 7.32. The minimum absolute atomic E-state index is 0.0705. The molecule has 3 N–H and O–H groups in total. The molecule has 1 saturated heterocycles. The van der Waals surface area contributed by atoms with Crippen molar-refractivity contribution in [3.8, 4) is 0 Å². The molecule has 0 unspecified atom stereocenters. The third-order valence-electron chi connectivity index (χ3n) is 5.45. The summed E-state index contributed by atoms with van der Waals surface area (Å²) < 4.78 is 0. The Morgan fingerprint density at radius 3 is 2.70 bits per heavy atom. The lowest BCUT2D eigenvalue weighted by molar-refractivity contribution is 0.0928. The maximum Gasteiger partial charge on any atom is 0.272 e. The van der Waals surface area contributed by atoms with Gasteiger partial charge in [-0.25, -0.2) is 0 Å². The van der Waals surface area contributed by atoms with Gasteiger partial charge in [0.25, 0.3) is 5.91 Å². The first kappa shape index (κ1) is 18.2. The van der Waals surface area contributed by atoms with Crippen LogP contribution >= 0.6 is 0 Å². The number of hydrogen-bond donors (Lipinski definition) is 3. The molecule has 1 aromatic carbocycles. The Kier molecular flexibility index (Phi) is 5.81. The lowest BCUT2D eigenvalue weighted by Crippen LogP contribution is -2.48. The van der Waals surface area contributed by atoms with Crippen LogP contribution in [-0.2, 0) is 19.5 Å². The van der Waals surface area contributed by atoms with Crippen LogP contribution in [0.3, 0.4) is 0 Å². The number of H-pyrrole nitrogens is 1. The number of amides is 1. The summed E-state index contributed by atoms with van der Waals surface area (Å²) in [5.74, 6) is -0.0705. The summed E-state index contributed by atoms with van der Waals surface area (Å²) in [6, 6.07) is 10.6. The van der Waals surface area contributed by atoms with Crippen molar-refractivity contribution in [2.24, 2.45) is 0 Å². The lowest BCUT2D eigenvalue weighted by Gasteiger charge is -2.34. The Bertz CT molecular complexity index is 751. The van der Waals surface area contributed by atoms with Crippen LogP contribution in [-0.4, -0.2) is 71.7 Å². The van der Waals surface area contributed by atoms with Crippen molar-refractivity contribution in [3.05, 3.63) is 52.8 Å². The molecule has 0 saturated carbocycles. The van der Waals surface area contributed by atoms with Crippen LogP contribution in [0.1, 0.15) is 27.3 Å². The molecular weight excluding hydrogens is 340 g/mol. The minimum atomic E-state index is -0.0705. The van der Waals surface area contributed by atoms with Crippen molar-refractivity contribution in [2.75, 3.05) is 45.8 Å². The van der Waals surface area contributed by atoms with Crippen LogP contribution < -0.4 is 10.6 Å². The molecule has 1 aromatic heterocycles. The number of nitrogens with one attached hydrogen (secondary N) is 3. The largest absolute Gasteiger partial charge is 0.349 e. The summed E-state index contributed by atoms with van der Waals surface area (Å²) in [7, 11) is 0. The first-order chi connectivity index (χ1) is 13.3. The van der Waals surface area contributed by atoms with Gasteiger partial charge >= 0.3 is 0 Å². The first-order valence-electron chi connectivity index (χ1n) is 9.83. The van der Waals surface area contributed by atoms with Crippen molar-refractivity contribution in [3.63, 3.8) is 0 Å². The fraction of sp³-hybridized carbons (Fsp3) is 0.500. The van der Waals surface area contributed by atoms with Gasteiger partial charge < -0.3 is 10.6 Å². The Hall–Kier alpha value is -2.22. The third kappa shape index (κ3) is 4.55. The Morgan fingerprint density at radius 1 is 1.11 bits per heavy atom. The Morgan fingerprint density at radius 2 is 1.89 bits per heavy atom. The monoisotopic (exact) mass is 368 g/mol. The SMILES string of the molecule is O=C(NCCN1CCN(Cc2ccccc2)CC1)c1n[nH]c2c1CNCC2. The van der Waals surface area contributed by atoms with Crippen molar-refractivity contribution < 1.29 is 4.79 Å². The zero-order chi connectivity index (χ0) is 18.5. The molecule has 144 valence electrons. The molecule has 27 heavy (non-hydrogen) atoms. The average Bonchev–Trinajstić information content (AvgIpc) is 3.14. The van der Waals surface area contributed by atoms with E-state index < -0.39 is 0 Å². The summed E-state index contributed by atoms with van der Waals surface area (Å²) in [5.41, 5.74) is 4.03. The number of nitrogens with zero attached hydrogens (tertiary/aromatic N) is 3. The topological polar surface area (TPSA) is 76.3 Å². The zero-order valence-corrected chi connectivity index (χ0v) is 15.7. The van der Waals surface area contributed by atoms with Crippen LogP contribution in [0.2, 0.25) is 0 Å². The summed E-state index contributed by atoms with van der Waals surface area (Å²) in [5, 5.41) is 13.5. The van der Waals surface area contributed by atoms with E-state index in [4.69, 9.17) is 0 Å². The highest BCUT2D eigenvalue weighted by molar-refractivity contribution is 5.94. The van der Waals surface area contributed by atoms with E-state index in [-0.39, 0.29) is 5.91 Å². The van der Waals surface area contributed by atoms with E-state index in [0.717, 1.165) is 70.0 Å². The molecule has 7 heteroatoms. The maximum atomic E-state index is 12.4. The van der Waals surface area contributed by atoms with E-state index in [1.807, 2.05) is 0 Å². The highest BCUT2D eigenvalue weighted by atomic mass is 16.1. The van der Waals surface area contributed by atoms with Crippen LogP contribution in [0.4, 0.5) is 0 Å². The summed E-state index contributed by atoms with van der Waals surface area (Å²) in [4.78, 5) is 17.3. The quantitative estimate of drug-likeness (QED) is 0.696. The van der Waals surface area contributed by atoms with Gasteiger partial charge in [0.1, 0.15) is 0 Å². The van der Waals surface area contributed by atoms with Crippen molar-refractivity contribution in [1.82, 2.24) is 30.6 Å². The molecule has 0 radical (unpaired) electrons. The number of carbonyl (C=O) groups is 1. The van der Waals surface area contributed by atoms with Crippen LogP contribution in [0.15, 0.2) is 30.3 Å². The van der Waals surface area contributed by atoms with Gasteiger partial charge in [-0.05, 0) is 5.56 Å². The average molecular weight is 368 g/mol. The van der Waals surface area contributed by atoms with Crippen molar-refractivity contribution >= 4 is 5.91 Å². The van der Waals surface area contributed by atoms with Gasteiger partial charge in [0, 0.05) is 76.6 Å². The van der Waals surface area contributed by atoms with Gasteiger partial charge in [-0.3, -0.25) is 19.7 Å². The predicted molar refractivity (Wildman–Crippen MR) is 104 cm³/mol. The van der Waals surface area contributed by atoms with Gasteiger partial charge in [0.15, 0.2) is 5.69 Å². The second-order valence-electron chi connectivity index (χ2n) is 7.32. The van der Waals surface area contributed by atoms with Gasteiger partial charge in [-0.2, -0.15) is 5.10 Å². The van der Waals surface area contributed by atoms with E-state index in [2.05, 4.69) is 61.0 Å². The number of hydrogen-bond acceptors (Lipinski definition) is 5. The fourth-order valence-electron chi connectivity index (χ4n) is 3.84. The number of carbonyl (C=O) groups excluding carboxylic acids is 1. The summed E-state index contributed by atoms with van der Waals surface area (Å²) in [6.45, 7) is 8.45. The van der Waals surface area contributed by atoms with Gasteiger partial charge in [0.05, 0.1) is 0 Å². The van der Waals surface area contributed by atoms with Crippen molar-refractivity contribution in [1.29, 1.82) is 0 Å². The van der Waals surface area contributed by atoms with Gasteiger partial charge in [0.2, 0.25) is 0 Å². The van der Waals surface area contributed by atoms with Crippen LogP contribution in [0.25, 0.3) is 0 Å². The third-order valence-corrected chi connectivity index (χ3v) is 5.45. The molecule has 4 rings (SSSR count). The van der Waals surface area contributed by atoms with Crippen LogP contribution in [0.5, 0.6) is 0 Å². The second kappa shape index (κ2) is 8.65. The first-order valence-corrected chi connectivity index (χ1v) is 9.83. The number of piperazine rings is 1. The number of aromatic nitrogens is 2. The molecule has 1 amide bonds. The molecule has 1 fully saturated rings. The molecule has 2 aliphatic heterocycles. The standard InChI is InChI=1S/C20H28N6O/c27-20(19-17-14-21-7-6-18(17)23-24-19)22-8-9-25-10-12-26(13-11-25)15-16-4-2-1-3-5-16/h1-5,21H,6-15H2,(H,22,27)(H,23,24). The smallest absolute Gasteiger partial charge is 0.272 e.